The highest BCUT2D eigenvalue weighted by Crippen LogP contribution is 2.37. The van der Waals surface area contributed by atoms with Gasteiger partial charge in [0.2, 0.25) is 17.7 Å². The molecule has 6 aliphatic rings. The lowest BCUT2D eigenvalue weighted by Gasteiger charge is -2.47. The Bertz CT molecular complexity index is 3210. The van der Waals surface area contributed by atoms with Gasteiger partial charge in [0.1, 0.15) is 153 Å². The van der Waals surface area contributed by atoms with Crippen LogP contribution < -0.4 is 16.0 Å². The van der Waals surface area contributed by atoms with E-state index in [2.05, 4.69) is 66.5 Å². The first-order valence-electron chi connectivity index (χ1n) is 35.4. The zero-order valence-corrected chi connectivity index (χ0v) is 71.1. The van der Waals surface area contributed by atoms with Crippen molar-refractivity contribution < 1.29 is 190 Å². The number of aliphatic carboxylic acids is 2. The lowest BCUT2D eigenvalue weighted by Crippen LogP contribution is -2.67. The second kappa shape index (κ2) is 52.4. The molecule has 658 valence electrons. The highest BCUT2D eigenvalue weighted by Gasteiger charge is 2.56. The second-order valence-corrected chi connectivity index (χ2v) is 32.7. The van der Waals surface area contributed by atoms with Gasteiger partial charge in [-0.05, 0) is 48.2 Å². The van der Waals surface area contributed by atoms with E-state index >= 15 is 0 Å². The number of rotatable bonds is 43. The SMILES string of the molecule is CO[C@@H]1C(C(=O)O)O[C@@H](O[C@@H]2C(NC(C)=O)[C@H](C)OC(COCC(=O)PCC(=O)CS)[C@H]2O)C(O)[C@H]1O.CO[C@@H]1C(C(=O)PCC(=O)CS)O[C@@H](O[C@@H]2C(NC(C)=O)COC(COCC(=O)O)[C@H]2O)C(O)[C@H]1O.CO[C@@H]1C(C(=O)PCC(=O)CS)O[C@@H](O[C@@H]2C(NC(C)=O)[C@H](C)OC(COCC(=O)PCC(=O)CS)[C@H]2O)C(O)[C@H]1O. The largest absolute Gasteiger partial charge is 0.480 e. The van der Waals surface area contributed by atoms with Crippen LogP contribution in [0, 0.1) is 0 Å². The fourth-order valence-corrected chi connectivity index (χ4v) is 16.7. The van der Waals surface area contributed by atoms with Crippen LogP contribution in [0.15, 0.2) is 0 Å². The van der Waals surface area contributed by atoms with Crippen LogP contribution in [-0.2, 0) is 133 Å². The van der Waals surface area contributed by atoms with Gasteiger partial charge < -0.3 is 143 Å². The van der Waals surface area contributed by atoms with Crippen molar-refractivity contribution in [2.75, 3.05) is 115 Å². The van der Waals surface area contributed by atoms with Gasteiger partial charge in [-0.3, -0.25) is 52.7 Å². The molecule has 0 bridgehead atoms. The topological polar surface area (TPSA) is 619 Å². The first-order valence-corrected chi connectivity index (χ1v) is 42.7. The Morgan fingerprint density at radius 3 is 1.03 bits per heavy atom. The van der Waals surface area contributed by atoms with E-state index in [9.17, 15) is 113 Å². The zero-order valence-electron chi connectivity index (χ0n) is 63.5. The van der Waals surface area contributed by atoms with Crippen LogP contribution in [0.3, 0.4) is 0 Å². The number of amides is 3. The van der Waals surface area contributed by atoms with Crippen molar-refractivity contribution in [1.82, 2.24) is 16.0 Å². The standard InChI is InChI=1S/C24H39NO13P2S2.C21H34NO13PS.C20H32NO13PS/c1-10-16(25-11(2)26)20(17(30)14(36-10)4-35-5-15(29)39-6-12(27)8-41)37-24-19(32)18(31)21(34-3)22(38-24)23(33)40-7-13(28)9-42;1-8-13(22-9(2)23)17(34-21-16(28)15(27)18(31-3)19(35-21)20(29)30)14(26)11(33-8)4-32-5-12(25)36-6-10(24)7-37;1-8(22)21-10-3-32-11(4-31-5-12(24)25)13(26)16(10)33-20-15(28)14(27)17(30-2)18(34-20)19(29)35-6-9(23)7-36/h10,14,16-22,24,30-32,39-42H,4-9H2,1-3H3,(H,25,26);8,11,13-19,21,26-28,36-37H,4-7H2,1-3H3,(H,22,23)(H,29,30);10-11,13-18,20,26-28,35-36H,3-7H2,1-2H3,(H,21,22)(H,24,25)/t10-,14?,16?,17+,18+,19?,20+,21-,22?,24+;8-,11?,13?,14+,15+,16?,17+,18-,19?,21+;10?,11?,13-,14-,15?,16-,17+,18?,20-/m001/s1. The fourth-order valence-electron chi connectivity index (χ4n) is 12.1. The second-order valence-electron chi connectivity index (χ2n) is 26.5. The van der Waals surface area contributed by atoms with Gasteiger partial charge in [-0.1, -0.05) is 0 Å². The number of ether oxygens (including phenoxy) is 15. The van der Waals surface area contributed by atoms with Crippen molar-refractivity contribution in [2.45, 2.75) is 212 Å². The van der Waals surface area contributed by atoms with Crippen molar-refractivity contribution in [2.24, 2.45) is 0 Å². The maximum Gasteiger partial charge on any atom is 0.335 e. The van der Waals surface area contributed by atoms with Gasteiger partial charge in [-0.15, -0.1) is 0 Å². The summed E-state index contributed by atoms with van der Waals surface area (Å²) in [5.74, 6) is -5.01. The summed E-state index contributed by atoms with van der Waals surface area (Å²) >= 11 is 15.5. The Morgan fingerprint density at radius 1 is 0.391 bits per heavy atom. The minimum absolute atomic E-state index is 0.0333. The maximum atomic E-state index is 12.9. The van der Waals surface area contributed by atoms with Crippen molar-refractivity contribution in [1.29, 1.82) is 0 Å². The number of methoxy groups -OCH3 is 3. The summed E-state index contributed by atoms with van der Waals surface area (Å²) in [7, 11) is 1.98. The number of nitrogens with one attached hydrogen (secondary N) is 3. The van der Waals surface area contributed by atoms with Crippen LogP contribution in [0.4, 0.5) is 0 Å². The third-order valence-electron chi connectivity index (χ3n) is 17.9. The summed E-state index contributed by atoms with van der Waals surface area (Å²) in [5, 5.41) is 123. The van der Waals surface area contributed by atoms with Crippen LogP contribution >= 0.6 is 84.8 Å². The summed E-state index contributed by atoms with van der Waals surface area (Å²) < 4.78 is 82.4. The first kappa shape index (κ1) is 104. The highest BCUT2D eigenvalue weighted by atomic mass is 32.1. The van der Waals surface area contributed by atoms with Crippen LogP contribution in [0.1, 0.15) is 34.6 Å². The molecule has 6 saturated heterocycles. The molecule has 3 amide bonds. The third kappa shape index (κ3) is 32.2. The van der Waals surface area contributed by atoms with E-state index < -0.39 is 242 Å². The van der Waals surface area contributed by atoms with Gasteiger partial charge in [0.05, 0.1) is 56.8 Å². The van der Waals surface area contributed by atoms with Crippen LogP contribution in [0.25, 0.3) is 0 Å². The molecule has 14 N–H and O–H groups in total. The third-order valence-corrected chi connectivity index (χ3v) is 23.9. The van der Waals surface area contributed by atoms with E-state index in [-0.39, 0.29) is 139 Å². The van der Waals surface area contributed by atoms with Crippen molar-refractivity contribution in [3.05, 3.63) is 0 Å². The number of carboxylic acid groups (broad SMARTS) is 2. The number of thiol groups is 4. The van der Waals surface area contributed by atoms with Gasteiger partial charge in [-0.25, -0.2) is 9.59 Å². The molecule has 33 atom stereocenters. The molecule has 16 unspecified atom stereocenters. The number of carbonyl (C=O) groups is 13. The highest BCUT2D eigenvalue weighted by molar-refractivity contribution is 7.81. The first-order chi connectivity index (χ1) is 54.2. The number of carboxylic acids is 2. The molecule has 0 saturated carbocycles. The van der Waals surface area contributed by atoms with Gasteiger partial charge >= 0.3 is 11.9 Å². The monoisotopic (exact) mass is 1800 g/mol. The predicted octanol–water partition coefficient (Wildman–Crippen LogP) is -7.89. The van der Waals surface area contributed by atoms with E-state index in [1.807, 2.05) is 0 Å². The molecule has 6 heterocycles. The molecule has 0 spiro atoms. The molecule has 0 radical (unpaired) electrons. The van der Waals surface area contributed by atoms with Crippen molar-refractivity contribution >= 4 is 160 Å². The molecule has 0 aliphatic carbocycles. The van der Waals surface area contributed by atoms with Crippen molar-refractivity contribution in [3.8, 4) is 0 Å². The quantitative estimate of drug-likeness (QED) is 0.0199. The van der Waals surface area contributed by atoms with E-state index in [1.165, 1.54) is 35.0 Å². The molecule has 0 aromatic heterocycles. The number of Topliss-reactive ketones (excluding diaryl/α,β-unsaturated/α-hetero) is 4. The summed E-state index contributed by atoms with van der Waals surface area (Å²) in [4.78, 5) is 153. The van der Waals surface area contributed by atoms with Crippen molar-refractivity contribution in [3.63, 3.8) is 0 Å². The Kier molecular flexibility index (Phi) is 47.5. The molecule has 0 aromatic rings. The van der Waals surface area contributed by atoms with E-state index in [1.54, 1.807) is 13.8 Å². The molecule has 6 rings (SSSR count). The van der Waals surface area contributed by atoms with Gasteiger partial charge in [0, 0.05) is 89.8 Å². The molecule has 42 nitrogen and oxygen atoms in total. The Morgan fingerprint density at radius 2 is 0.704 bits per heavy atom. The molecule has 115 heavy (non-hydrogen) atoms. The lowest BCUT2D eigenvalue weighted by atomic mass is 9.92. The van der Waals surface area contributed by atoms with E-state index in [4.69, 9.17) is 76.2 Å². The number of carbonyl (C=O) groups excluding carboxylic acids is 11. The van der Waals surface area contributed by atoms with E-state index in [0.717, 1.165) is 7.11 Å². The van der Waals surface area contributed by atoms with Gasteiger partial charge in [0.15, 0.2) is 59.3 Å². The van der Waals surface area contributed by atoms with E-state index in [0.29, 0.717) is 0 Å². The number of aliphatic hydroxyl groups is 9. The molecule has 50 heteroatoms. The average molecular weight is 1800 g/mol. The van der Waals surface area contributed by atoms with Gasteiger partial charge in [0.25, 0.3) is 0 Å². The smallest absolute Gasteiger partial charge is 0.335 e. The predicted molar refractivity (Wildman–Crippen MR) is 414 cm³/mol. The normalized spacial score (nSPS) is 35.0. The molecule has 6 aliphatic heterocycles. The molecular weight excluding hydrogens is 1700 g/mol. The summed E-state index contributed by atoms with van der Waals surface area (Å²) in [6.07, 6.45) is -36.6. The lowest BCUT2D eigenvalue weighted by molar-refractivity contribution is -0.327. The molecule has 0 aromatic carbocycles. The number of aliphatic hydroxyl groups excluding tert-OH is 9. The Labute approximate surface area is 689 Å². The van der Waals surface area contributed by atoms with Crippen LogP contribution in [0.5, 0.6) is 0 Å². The summed E-state index contributed by atoms with van der Waals surface area (Å²) in [5.41, 5.74) is -1.72. The summed E-state index contributed by atoms with van der Waals surface area (Å²) in [6.45, 7) is 4.62. The van der Waals surface area contributed by atoms with Crippen LogP contribution in [-0.4, -0.2) is 424 Å². The Hall–Kier alpha value is -3.13. The van der Waals surface area contributed by atoms with Gasteiger partial charge in [-0.2, -0.15) is 50.5 Å². The fraction of sp³-hybridized carbons (Fsp3) is 0.800. The average Bonchev–Trinajstić information content (AvgIpc) is 0.788. The summed E-state index contributed by atoms with van der Waals surface area (Å²) in [6, 6.07) is -2.85. The Balaban J connectivity index is 0.000000365. The molecular formula is C65H105N3O39P4S4. The zero-order chi connectivity index (χ0) is 86.4. The number of ketones is 4. The minimum atomic E-state index is -1.75. The molecule has 6 fully saturated rings. The van der Waals surface area contributed by atoms with Crippen LogP contribution in [0.2, 0.25) is 0 Å². The number of hydrogen-bond donors (Lipinski definition) is 18. The minimum Gasteiger partial charge on any atom is -0.480 e. The number of hydrogen-bond acceptors (Lipinski definition) is 41. The maximum absolute atomic E-state index is 12.9.